The Morgan fingerprint density at radius 1 is 1.19 bits per heavy atom. The van der Waals surface area contributed by atoms with E-state index in [0.29, 0.717) is 23.6 Å². The van der Waals surface area contributed by atoms with E-state index >= 15 is 0 Å². The van der Waals surface area contributed by atoms with Crippen LogP contribution in [0.25, 0.3) is 0 Å². The van der Waals surface area contributed by atoms with Crippen LogP contribution in [-0.4, -0.2) is 68.3 Å². The SMILES string of the molecule is COc1cc(C#N)ccc1OCC(=O)N(Cc1ccccc1)C(C)CN1CCOCC1. The number of benzene rings is 2. The number of hydrogen-bond acceptors (Lipinski definition) is 6. The van der Waals surface area contributed by atoms with E-state index in [0.717, 1.165) is 38.4 Å². The number of morpholine rings is 1. The first-order chi connectivity index (χ1) is 15.1. The van der Waals surface area contributed by atoms with Crippen LogP contribution in [0.4, 0.5) is 0 Å². The quantitative estimate of drug-likeness (QED) is 0.617. The molecule has 2 aromatic rings. The van der Waals surface area contributed by atoms with Gasteiger partial charge in [0.2, 0.25) is 0 Å². The molecule has 0 aromatic heterocycles. The molecule has 0 N–H and O–H groups in total. The van der Waals surface area contributed by atoms with Gasteiger partial charge in [0.05, 0.1) is 32.0 Å². The summed E-state index contributed by atoms with van der Waals surface area (Å²) in [4.78, 5) is 17.4. The van der Waals surface area contributed by atoms with Crippen molar-refractivity contribution in [3.8, 4) is 17.6 Å². The molecule has 1 aliphatic rings. The van der Waals surface area contributed by atoms with E-state index in [2.05, 4.69) is 17.9 Å². The molecule has 2 aromatic carbocycles. The van der Waals surface area contributed by atoms with Crippen molar-refractivity contribution in [3.63, 3.8) is 0 Å². The van der Waals surface area contributed by atoms with Crippen LogP contribution in [0.1, 0.15) is 18.1 Å². The van der Waals surface area contributed by atoms with E-state index in [-0.39, 0.29) is 18.6 Å². The van der Waals surface area contributed by atoms with Gasteiger partial charge in [-0.25, -0.2) is 0 Å². The van der Waals surface area contributed by atoms with Crippen molar-refractivity contribution in [1.82, 2.24) is 9.80 Å². The average Bonchev–Trinajstić information content (AvgIpc) is 2.82. The Bertz CT molecular complexity index is 891. The zero-order valence-corrected chi connectivity index (χ0v) is 18.1. The second kappa shape index (κ2) is 11.3. The molecule has 0 bridgehead atoms. The minimum absolute atomic E-state index is 0.0114. The lowest BCUT2D eigenvalue weighted by molar-refractivity contribution is -0.136. The maximum absolute atomic E-state index is 13.2. The molecule has 3 rings (SSSR count). The van der Waals surface area contributed by atoms with Crippen LogP contribution in [-0.2, 0) is 16.1 Å². The Balaban J connectivity index is 1.70. The van der Waals surface area contributed by atoms with Gasteiger partial charge in [0.25, 0.3) is 5.91 Å². The second-order valence-corrected chi connectivity index (χ2v) is 7.54. The van der Waals surface area contributed by atoms with Gasteiger partial charge < -0.3 is 19.1 Å². The first-order valence-electron chi connectivity index (χ1n) is 10.4. The van der Waals surface area contributed by atoms with Crippen LogP contribution in [0.15, 0.2) is 48.5 Å². The fourth-order valence-electron chi connectivity index (χ4n) is 3.60. The second-order valence-electron chi connectivity index (χ2n) is 7.54. The van der Waals surface area contributed by atoms with Gasteiger partial charge >= 0.3 is 0 Å². The van der Waals surface area contributed by atoms with Gasteiger partial charge in [0.1, 0.15) is 0 Å². The molecule has 1 heterocycles. The van der Waals surface area contributed by atoms with E-state index < -0.39 is 0 Å². The summed E-state index contributed by atoms with van der Waals surface area (Å²) in [6.07, 6.45) is 0. The number of hydrogen-bond donors (Lipinski definition) is 0. The van der Waals surface area contributed by atoms with Gasteiger partial charge in [-0.3, -0.25) is 9.69 Å². The molecule has 1 fully saturated rings. The third kappa shape index (κ3) is 6.45. The molecule has 31 heavy (non-hydrogen) atoms. The number of carbonyl (C=O) groups excluding carboxylic acids is 1. The van der Waals surface area contributed by atoms with E-state index in [4.69, 9.17) is 19.5 Å². The lowest BCUT2D eigenvalue weighted by atomic mass is 10.1. The van der Waals surface area contributed by atoms with Crippen LogP contribution in [0.5, 0.6) is 11.5 Å². The van der Waals surface area contributed by atoms with E-state index in [1.165, 1.54) is 7.11 Å². The fraction of sp³-hybridized carbons (Fsp3) is 0.417. The fourth-order valence-corrected chi connectivity index (χ4v) is 3.60. The first-order valence-corrected chi connectivity index (χ1v) is 10.4. The lowest BCUT2D eigenvalue weighted by Gasteiger charge is -2.35. The van der Waals surface area contributed by atoms with Crippen LogP contribution < -0.4 is 9.47 Å². The van der Waals surface area contributed by atoms with Gasteiger partial charge in [0, 0.05) is 38.3 Å². The Hall–Kier alpha value is -3.08. The molecule has 0 saturated carbocycles. The number of nitrogens with zero attached hydrogens (tertiary/aromatic N) is 3. The minimum Gasteiger partial charge on any atom is -0.493 e. The Labute approximate surface area is 183 Å². The highest BCUT2D eigenvalue weighted by molar-refractivity contribution is 5.78. The molecule has 0 spiro atoms. The summed E-state index contributed by atoms with van der Waals surface area (Å²) in [5.74, 6) is 0.772. The van der Waals surface area contributed by atoms with E-state index in [1.807, 2.05) is 35.2 Å². The van der Waals surface area contributed by atoms with Crippen molar-refractivity contribution in [2.75, 3.05) is 46.6 Å². The van der Waals surface area contributed by atoms with Crippen molar-refractivity contribution >= 4 is 5.91 Å². The van der Waals surface area contributed by atoms with Crippen molar-refractivity contribution in [2.24, 2.45) is 0 Å². The Kier molecular flexibility index (Phi) is 8.27. The molecule has 1 unspecified atom stereocenters. The molecule has 0 radical (unpaired) electrons. The predicted octanol–water partition coefficient (Wildman–Crippen LogP) is 2.70. The molecule has 1 saturated heterocycles. The van der Waals surface area contributed by atoms with E-state index in [9.17, 15) is 4.79 Å². The number of ether oxygens (including phenoxy) is 3. The highest BCUT2D eigenvalue weighted by Crippen LogP contribution is 2.28. The van der Waals surface area contributed by atoms with Gasteiger partial charge in [-0.2, -0.15) is 5.26 Å². The number of amides is 1. The van der Waals surface area contributed by atoms with Crippen molar-refractivity contribution in [2.45, 2.75) is 19.5 Å². The molecule has 0 aliphatic carbocycles. The maximum Gasteiger partial charge on any atom is 0.261 e. The van der Waals surface area contributed by atoms with Crippen molar-refractivity contribution in [3.05, 3.63) is 59.7 Å². The summed E-state index contributed by atoms with van der Waals surface area (Å²) >= 11 is 0. The van der Waals surface area contributed by atoms with Crippen LogP contribution in [0.2, 0.25) is 0 Å². The van der Waals surface area contributed by atoms with E-state index in [1.54, 1.807) is 18.2 Å². The zero-order valence-electron chi connectivity index (χ0n) is 18.1. The topological polar surface area (TPSA) is 75.0 Å². The van der Waals surface area contributed by atoms with Gasteiger partial charge in [-0.05, 0) is 24.6 Å². The third-order valence-electron chi connectivity index (χ3n) is 5.32. The summed E-state index contributed by atoms with van der Waals surface area (Å²) in [7, 11) is 1.51. The number of nitriles is 1. The summed E-state index contributed by atoms with van der Waals surface area (Å²) in [5.41, 5.74) is 1.54. The molecule has 1 atom stereocenters. The van der Waals surface area contributed by atoms with Gasteiger partial charge in [-0.1, -0.05) is 30.3 Å². The molecule has 7 nitrogen and oxygen atoms in total. The smallest absolute Gasteiger partial charge is 0.261 e. The summed E-state index contributed by atoms with van der Waals surface area (Å²) < 4.78 is 16.5. The summed E-state index contributed by atoms with van der Waals surface area (Å²) in [6.45, 7) is 6.44. The maximum atomic E-state index is 13.2. The molecular formula is C24H29N3O4. The third-order valence-corrected chi connectivity index (χ3v) is 5.32. The number of carbonyl (C=O) groups is 1. The average molecular weight is 424 g/mol. The highest BCUT2D eigenvalue weighted by Gasteiger charge is 2.24. The molecule has 164 valence electrons. The van der Waals surface area contributed by atoms with Crippen LogP contribution in [0.3, 0.4) is 0 Å². The monoisotopic (exact) mass is 423 g/mol. The molecule has 7 heteroatoms. The molecule has 1 aliphatic heterocycles. The van der Waals surface area contributed by atoms with Gasteiger partial charge in [-0.15, -0.1) is 0 Å². The first kappa shape index (κ1) is 22.6. The highest BCUT2D eigenvalue weighted by atomic mass is 16.5. The molecular weight excluding hydrogens is 394 g/mol. The number of rotatable bonds is 9. The van der Waals surface area contributed by atoms with Crippen LogP contribution in [0, 0.1) is 11.3 Å². The number of methoxy groups -OCH3 is 1. The minimum atomic E-state index is -0.109. The normalized spacial score (nSPS) is 15.0. The lowest BCUT2D eigenvalue weighted by Crippen LogP contribution is -2.49. The molecule has 1 amide bonds. The van der Waals surface area contributed by atoms with Crippen LogP contribution >= 0.6 is 0 Å². The standard InChI is InChI=1S/C24H29N3O4/c1-19(16-26-10-12-30-13-11-26)27(17-20-6-4-3-5-7-20)24(28)18-31-22-9-8-21(15-25)14-23(22)29-2/h3-9,14,19H,10-13,16-18H2,1-2H3. The summed E-state index contributed by atoms with van der Waals surface area (Å²) in [6, 6.07) is 16.9. The summed E-state index contributed by atoms with van der Waals surface area (Å²) in [5, 5.41) is 9.06. The predicted molar refractivity (Wildman–Crippen MR) is 117 cm³/mol. The van der Waals surface area contributed by atoms with Crippen molar-refractivity contribution < 1.29 is 19.0 Å². The Morgan fingerprint density at radius 2 is 1.94 bits per heavy atom. The Morgan fingerprint density at radius 3 is 2.61 bits per heavy atom. The largest absolute Gasteiger partial charge is 0.493 e. The zero-order chi connectivity index (χ0) is 22.1. The van der Waals surface area contributed by atoms with Gasteiger partial charge in [0.15, 0.2) is 18.1 Å². The van der Waals surface area contributed by atoms with Crippen molar-refractivity contribution in [1.29, 1.82) is 5.26 Å².